The maximum Gasteiger partial charge on any atom is 0.335 e. The SMILES string of the molecule is Cc1cccc(COc2ccc(/C=C3\C(=O)NC(=O)N(c4ccc(O)cc4)C3=O)cc2Cl)c1. The number of rotatable bonds is 5. The van der Waals surface area contributed by atoms with E-state index < -0.39 is 17.8 Å². The molecule has 0 atom stereocenters. The molecule has 1 heterocycles. The summed E-state index contributed by atoms with van der Waals surface area (Å²) in [5.41, 5.74) is 2.60. The zero-order chi connectivity index (χ0) is 23.5. The van der Waals surface area contributed by atoms with E-state index >= 15 is 0 Å². The molecule has 0 aliphatic carbocycles. The fraction of sp³-hybridized carbons (Fsp3) is 0.0800. The van der Waals surface area contributed by atoms with Crippen LogP contribution in [0.25, 0.3) is 6.08 Å². The van der Waals surface area contributed by atoms with Gasteiger partial charge in [-0.05, 0) is 60.5 Å². The number of imide groups is 2. The molecule has 4 rings (SSSR count). The molecule has 1 aliphatic rings. The quantitative estimate of drug-likeness (QED) is 0.426. The van der Waals surface area contributed by atoms with Crippen molar-refractivity contribution in [1.29, 1.82) is 0 Å². The standard InChI is InChI=1S/C25H19ClN2O5/c1-15-3-2-4-17(11-15)14-33-22-10-5-16(13-21(22)26)12-20-23(30)27-25(32)28(24(20)31)18-6-8-19(29)9-7-18/h2-13,29H,14H2,1H3,(H,27,30,32)/b20-12+. The Kier molecular flexibility index (Phi) is 6.15. The smallest absolute Gasteiger partial charge is 0.335 e. The second-order valence-electron chi connectivity index (χ2n) is 7.44. The molecule has 0 saturated carbocycles. The molecule has 0 bridgehead atoms. The van der Waals surface area contributed by atoms with Gasteiger partial charge in [0, 0.05) is 0 Å². The number of nitrogens with one attached hydrogen (secondary N) is 1. The van der Waals surface area contributed by atoms with Crippen LogP contribution in [0.15, 0.2) is 72.3 Å². The highest BCUT2D eigenvalue weighted by Gasteiger charge is 2.36. The van der Waals surface area contributed by atoms with Crippen molar-refractivity contribution in [3.8, 4) is 11.5 Å². The molecule has 1 fully saturated rings. The first-order chi connectivity index (χ1) is 15.8. The third-order valence-electron chi connectivity index (χ3n) is 4.95. The molecule has 0 aromatic heterocycles. The maximum atomic E-state index is 12.9. The lowest BCUT2D eigenvalue weighted by Crippen LogP contribution is -2.54. The summed E-state index contributed by atoms with van der Waals surface area (Å²) < 4.78 is 5.79. The molecule has 4 amide bonds. The molecule has 0 spiro atoms. The van der Waals surface area contributed by atoms with Crippen LogP contribution < -0.4 is 15.0 Å². The number of benzene rings is 3. The van der Waals surface area contributed by atoms with Crippen LogP contribution in [-0.4, -0.2) is 23.0 Å². The van der Waals surface area contributed by atoms with Gasteiger partial charge >= 0.3 is 6.03 Å². The molecule has 1 saturated heterocycles. The van der Waals surface area contributed by atoms with E-state index in [2.05, 4.69) is 5.32 Å². The lowest BCUT2D eigenvalue weighted by Gasteiger charge is -2.26. The minimum Gasteiger partial charge on any atom is -0.508 e. The van der Waals surface area contributed by atoms with Gasteiger partial charge in [0.1, 0.15) is 23.7 Å². The van der Waals surface area contributed by atoms with Gasteiger partial charge in [-0.2, -0.15) is 0 Å². The first-order valence-electron chi connectivity index (χ1n) is 10.0. The number of nitrogens with zero attached hydrogens (tertiary/aromatic N) is 1. The number of halogens is 1. The van der Waals surface area contributed by atoms with E-state index in [1.807, 2.05) is 31.2 Å². The molecule has 8 heteroatoms. The van der Waals surface area contributed by atoms with Crippen LogP contribution in [0.4, 0.5) is 10.5 Å². The van der Waals surface area contributed by atoms with Gasteiger partial charge in [-0.3, -0.25) is 14.9 Å². The number of hydrogen-bond acceptors (Lipinski definition) is 5. The number of ether oxygens (including phenoxy) is 1. The van der Waals surface area contributed by atoms with Crippen LogP contribution in [0, 0.1) is 6.92 Å². The summed E-state index contributed by atoms with van der Waals surface area (Å²) in [7, 11) is 0. The Balaban J connectivity index is 1.56. The highest BCUT2D eigenvalue weighted by molar-refractivity contribution is 6.39. The van der Waals surface area contributed by atoms with Crippen LogP contribution in [0.1, 0.15) is 16.7 Å². The number of amides is 4. The molecule has 3 aromatic rings. The molecule has 33 heavy (non-hydrogen) atoms. The summed E-state index contributed by atoms with van der Waals surface area (Å²) in [6, 6.07) is 17.4. The van der Waals surface area contributed by atoms with Gasteiger partial charge in [0.25, 0.3) is 11.8 Å². The van der Waals surface area contributed by atoms with E-state index in [9.17, 15) is 19.5 Å². The van der Waals surface area contributed by atoms with E-state index in [4.69, 9.17) is 16.3 Å². The molecule has 2 N–H and O–H groups in total. The van der Waals surface area contributed by atoms with Crippen LogP contribution in [0.2, 0.25) is 5.02 Å². The van der Waals surface area contributed by atoms with E-state index in [-0.39, 0.29) is 17.0 Å². The largest absolute Gasteiger partial charge is 0.508 e. The van der Waals surface area contributed by atoms with Gasteiger partial charge in [0.15, 0.2) is 0 Å². The number of carbonyl (C=O) groups excluding carboxylic acids is 3. The summed E-state index contributed by atoms with van der Waals surface area (Å²) in [4.78, 5) is 38.4. The van der Waals surface area contributed by atoms with Crippen LogP contribution in [0.5, 0.6) is 11.5 Å². The Labute approximate surface area is 194 Å². The van der Waals surface area contributed by atoms with E-state index in [1.165, 1.54) is 30.3 Å². The number of carbonyl (C=O) groups is 3. The highest BCUT2D eigenvalue weighted by atomic mass is 35.5. The molecule has 7 nitrogen and oxygen atoms in total. The lowest BCUT2D eigenvalue weighted by atomic mass is 10.1. The van der Waals surface area contributed by atoms with E-state index in [0.29, 0.717) is 22.9 Å². The number of phenols is 1. The molecule has 0 radical (unpaired) electrons. The average Bonchev–Trinajstić information content (AvgIpc) is 2.77. The number of anilines is 1. The Morgan fingerprint density at radius 1 is 1.03 bits per heavy atom. The minimum atomic E-state index is -0.870. The van der Waals surface area contributed by atoms with Crippen molar-refractivity contribution in [2.24, 2.45) is 0 Å². The van der Waals surface area contributed by atoms with Gasteiger partial charge in [0.2, 0.25) is 0 Å². The van der Waals surface area contributed by atoms with Crippen LogP contribution in [-0.2, 0) is 16.2 Å². The van der Waals surface area contributed by atoms with Crippen molar-refractivity contribution < 1.29 is 24.2 Å². The van der Waals surface area contributed by atoms with Gasteiger partial charge in [-0.1, -0.05) is 47.5 Å². The summed E-state index contributed by atoms with van der Waals surface area (Å²) in [6.45, 7) is 2.34. The zero-order valence-corrected chi connectivity index (χ0v) is 18.3. The van der Waals surface area contributed by atoms with Crippen LogP contribution in [0.3, 0.4) is 0 Å². The van der Waals surface area contributed by atoms with Gasteiger partial charge in [-0.15, -0.1) is 0 Å². The Bertz CT molecular complexity index is 1280. The van der Waals surface area contributed by atoms with Crippen molar-refractivity contribution in [2.75, 3.05) is 4.90 Å². The van der Waals surface area contributed by atoms with Crippen molar-refractivity contribution >= 4 is 41.2 Å². The molecular weight excluding hydrogens is 444 g/mol. The van der Waals surface area contributed by atoms with Gasteiger partial charge in [-0.25, -0.2) is 9.69 Å². The number of barbiturate groups is 1. The van der Waals surface area contributed by atoms with Crippen molar-refractivity contribution in [3.05, 3.63) is 94.0 Å². The lowest BCUT2D eigenvalue weighted by molar-refractivity contribution is -0.122. The third kappa shape index (κ3) is 4.88. The summed E-state index contributed by atoms with van der Waals surface area (Å²) in [6.07, 6.45) is 1.35. The predicted molar refractivity (Wildman–Crippen MR) is 124 cm³/mol. The monoisotopic (exact) mass is 462 g/mol. The fourth-order valence-corrected chi connectivity index (χ4v) is 3.59. The second-order valence-corrected chi connectivity index (χ2v) is 7.85. The number of urea groups is 1. The second kappa shape index (κ2) is 9.18. The molecular formula is C25H19ClN2O5. The molecule has 0 unspecified atom stereocenters. The predicted octanol–water partition coefficient (Wildman–Crippen LogP) is 4.60. The summed E-state index contributed by atoms with van der Waals surface area (Å²) >= 11 is 6.35. The molecule has 3 aromatic carbocycles. The summed E-state index contributed by atoms with van der Waals surface area (Å²) in [5.74, 6) is -1.16. The van der Waals surface area contributed by atoms with Gasteiger partial charge in [0.05, 0.1) is 10.7 Å². The summed E-state index contributed by atoms with van der Waals surface area (Å²) in [5, 5.41) is 11.9. The molecule has 1 aliphatic heterocycles. The Hall–Kier alpha value is -4.10. The number of phenolic OH excluding ortho intramolecular Hbond substituents is 1. The first kappa shape index (κ1) is 22.1. The van der Waals surface area contributed by atoms with E-state index in [1.54, 1.807) is 18.2 Å². The number of hydrogen-bond donors (Lipinski definition) is 2. The van der Waals surface area contributed by atoms with Gasteiger partial charge < -0.3 is 9.84 Å². The van der Waals surface area contributed by atoms with E-state index in [0.717, 1.165) is 16.0 Å². The van der Waals surface area contributed by atoms with Crippen molar-refractivity contribution in [2.45, 2.75) is 13.5 Å². The van der Waals surface area contributed by atoms with Crippen LogP contribution >= 0.6 is 11.6 Å². The maximum absolute atomic E-state index is 12.9. The molecule has 166 valence electrons. The minimum absolute atomic E-state index is 0.0187. The van der Waals surface area contributed by atoms with Crippen molar-refractivity contribution in [1.82, 2.24) is 5.32 Å². The fourth-order valence-electron chi connectivity index (χ4n) is 3.35. The average molecular weight is 463 g/mol. The number of aryl methyl sites for hydroxylation is 1. The van der Waals surface area contributed by atoms with Crippen molar-refractivity contribution in [3.63, 3.8) is 0 Å². The number of aromatic hydroxyl groups is 1. The Morgan fingerprint density at radius 3 is 2.48 bits per heavy atom. The Morgan fingerprint density at radius 2 is 1.79 bits per heavy atom. The zero-order valence-electron chi connectivity index (χ0n) is 17.5. The highest BCUT2D eigenvalue weighted by Crippen LogP contribution is 2.29. The third-order valence-corrected chi connectivity index (χ3v) is 5.25. The normalized spacial score (nSPS) is 15.0. The topological polar surface area (TPSA) is 95.9 Å². The first-order valence-corrected chi connectivity index (χ1v) is 10.4.